The number of rotatable bonds is 3. The van der Waals surface area contributed by atoms with E-state index in [2.05, 4.69) is 15.9 Å². The van der Waals surface area contributed by atoms with Crippen molar-refractivity contribution in [2.75, 3.05) is 13.2 Å². The fraction of sp³-hybridized carbons (Fsp3) is 0.158. The van der Waals surface area contributed by atoms with Crippen LogP contribution in [0.25, 0.3) is 6.08 Å². The van der Waals surface area contributed by atoms with Crippen molar-refractivity contribution in [3.05, 3.63) is 57.4 Å². The lowest BCUT2D eigenvalue weighted by molar-refractivity contribution is -0.123. The summed E-state index contributed by atoms with van der Waals surface area (Å²) < 4.78 is 12.0. The standard InChI is InChI=1S/C19H14BrNO5S/c20-13-7-11(5-6-14(13)22)8-17-18(23)21(19(24)27-17)9-12-10-25-15-3-1-2-4-16(15)26-12/h1-8,12,22H,9-10H2/b17-8-. The molecule has 27 heavy (non-hydrogen) atoms. The van der Waals surface area contributed by atoms with Gasteiger partial charge in [-0.05, 0) is 63.6 Å². The Hall–Kier alpha value is -2.45. The number of carbonyl (C=O) groups is 2. The Balaban J connectivity index is 1.48. The van der Waals surface area contributed by atoms with Crippen LogP contribution in [0.2, 0.25) is 0 Å². The van der Waals surface area contributed by atoms with E-state index in [0.717, 1.165) is 11.8 Å². The van der Waals surface area contributed by atoms with E-state index in [-0.39, 0.29) is 30.0 Å². The Labute approximate surface area is 167 Å². The molecule has 1 N–H and O–H groups in total. The molecule has 0 spiro atoms. The summed E-state index contributed by atoms with van der Waals surface area (Å²) in [4.78, 5) is 26.5. The second-order valence-corrected chi connectivity index (χ2v) is 7.85. The Morgan fingerprint density at radius 2 is 2.00 bits per heavy atom. The van der Waals surface area contributed by atoms with Gasteiger partial charge in [0, 0.05) is 0 Å². The molecule has 2 amide bonds. The van der Waals surface area contributed by atoms with Gasteiger partial charge in [-0.2, -0.15) is 0 Å². The van der Waals surface area contributed by atoms with Crippen LogP contribution in [0.3, 0.4) is 0 Å². The van der Waals surface area contributed by atoms with E-state index in [1.54, 1.807) is 24.3 Å². The van der Waals surface area contributed by atoms with Crippen LogP contribution in [0.15, 0.2) is 51.8 Å². The zero-order valence-electron chi connectivity index (χ0n) is 13.9. The summed E-state index contributed by atoms with van der Waals surface area (Å²) >= 11 is 4.12. The first-order valence-electron chi connectivity index (χ1n) is 8.13. The number of para-hydroxylation sites is 2. The van der Waals surface area contributed by atoms with Crippen LogP contribution in [-0.2, 0) is 4.79 Å². The topological polar surface area (TPSA) is 76.1 Å². The number of amides is 2. The molecule has 2 heterocycles. The van der Waals surface area contributed by atoms with Gasteiger partial charge in [-0.25, -0.2) is 0 Å². The smallest absolute Gasteiger partial charge is 0.293 e. The highest BCUT2D eigenvalue weighted by atomic mass is 79.9. The lowest BCUT2D eigenvalue weighted by Crippen LogP contribution is -2.42. The second kappa shape index (κ2) is 7.28. The summed E-state index contributed by atoms with van der Waals surface area (Å²) in [6.45, 7) is 0.387. The SMILES string of the molecule is O=C1S/C(=C\c2ccc(O)c(Br)c2)C(=O)N1CC1COc2ccccc2O1. The minimum absolute atomic E-state index is 0.106. The maximum atomic E-state index is 12.6. The first kappa shape index (κ1) is 17.9. The molecular formula is C19H14BrNO5S. The van der Waals surface area contributed by atoms with Gasteiger partial charge in [-0.15, -0.1) is 0 Å². The number of phenols is 1. The number of hydrogen-bond acceptors (Lipinski definition) is 6. The van der Waals surface area contributed by atoms with Crippen LogP contribution in [0.5, 0.6) is 17.2 Å². The number of carbonyl (C=O) groups excluding carboxylic acids is 2. The summed E-state index contributed by atoms with van der Waals surface area (Å²) in [6.07, 6.45) is 1.21. The molecule has 0 aliphatic carbocycles. The van der Waals surface area contributed by atoms with Gasteiger partial charge in [0.15, 0.2) is 17.6 Å². The summed E-state index contributed by atoms with van der Waals surface area (Å²) in [6, 6.07) is 12.2. The third kappa shape index (κ3) is 3.68. The lowest BCUT2D eigenvalue weighted by atomic mass is 10.2. The van der Waals surface area contributed by atoms with Crippen LogP contribution in [0, 0.1) is 0 Å². The average Bonchev–Trinajstić information content (AvgIpc) is 2.92. The molecule has 1 fully saturated rings. The lowest BCUT2D eigenvalue weighted by Gasteiger charge is -2.28. The Bertz CT molecular complexity index is 961. The normalized spacial score (nSPS) is 20.4. The Morgan fingerprint density at radius 1 is 1.22 bits per heavy atom. The zero-order chi connectivity index (χ0) is 19.0. The van der Waals surface area contributed by atoms with Crippen LogP contribution in [0.1, 0.15) is 5.56 Å². The number of phenolic OH excluding ortho intramolecular Hbond substituents is 1. The Morgan fingerprint density at radius 3 is 2.78 bits per heavy atom. The first-order chi connectivity index (χ1) is 13.0. The van der Waals surface area contributed by atoms with Crippen LogP contribution < -0.4 is 9.47 Å². The van der Waals surface area contributed by atoms with Crippen molar-refractivity contribution in [1.82, 2.24) is 4.90 Å². The van der Waals surface area contributed by atoms with Crippen LogP contribution in [0.4, 0.5) is 4.79 Å². The summed E-state index contributed by atoms with van der Waals surface area (Å²) in [5.41, 5.74) is 0.705. The molecule has 0 bridgehead atoms. The van der Waals surface area contributed by atoms with E-state index >= 15 is 0 Å². The molecule has 0 radical (unpaired) electrons. The number of aromatic hydroxyl groups is 1. The second-order valence-electron chi connectivity index (χ2n) is 6.00. The largest absolute Gasteiger partial charge is 0.507 e. The van der Waals surface area contributed by atoms with E-state index in [1.807, 2.05) is 18.2 Å². The molecule has 1 unspecified atom stereocenters. The van der Waals surface area contributed by atoms with Gasteiger partial charge in [0.1, 0.15) is 12.4 Å². The fourth-order valence-electron chi connectivity index (χ4n) is 2.78. The molecule has 2 aliphatic heterocycles. The number of imide groups is 1. The summed E-state index contributed by atoms with van der Waals surface area (Å²) in [5.74, 6) is 0.998. The number of nitrogens with zero attached hydrogens (tertiary/aromatic N) is 1. The van der Waals surface area contributed by atoms with E-state index < -0.39 is 6.10 Å². The van der Waals surface area contributed by atoms with Crippen molar-refractivity contribution >= 4 is 44.9 Å². The highest BCUT2D eigenvalue weighted by molar-refractivity contribution is 9.10. The maximum absolute atomic E-state index is 12.6. The van der Waals surface area contributed by atoms with Crippen molar-refractivity contribution in [2.24, 2.45) is 0 Å². The number of thioether (sulfide) groups is 1. The molecule has 1 saturated heterocycles. The molecular weight excluding hydrogens is 434 g/mol. The molecule has 2 aromatic carbocycles. The summed E-state index contributed by atoms with van der Waals surface area (Å²) in [7, 11) is 0. The number of ether oxygens (including phenoxy) is 2. The molecule has 0 aromatic heterocycles. The van der Waals surface area contributed by atoms with Crippen molar-refractivity contribution in [3.8, 4) is 17.2 Å². The number of fused-ring (bicyclic) bond motifs is 1. The van der Waals surface area contributed by atoms with Crippen LogP contribution >= 0.6 is 27.7 Å². The van der Waals surface area contributed by atoms with E-state index in [0.29, 0.717) is 26.4 Å². The number of halogens is 1. The fourth-order valence-corrected chi connectivity index (χ4v) is 4.02. The molecule has 0 saturated carbocycles. The molecule has 1 atom stereocenters. The van der Waals surface area contributed by atoms with E-state index in [1.165, 1.54) is 11.0 Å². The summed E-state index contributed by atoms with van der Waals surface area (Å²) in [5, 5.41) is 9.22. The van der Waals surface area contributed by atoms with Crippen molar-refractivity contribution in [3.63, 3.8) is 0 Å². The van der Waals surface area contributed by atoms with Gasteiger partial charge in [-0.3, -0.25) is 14.5 Å². The minimum atomic E-state index is -0.421. The Kier molecular flexibility index (Phi) is 4.84. The zero-order valence-corrected chi connectivity index (χ0v) is 16.3. The van der Waals surface area contributed by atoms with Gasteiger partial charge in [-0.1, -0.05) is 18.2 Å². The number of hydrogen-bond donors (Lipinski definition) is 1. The van der Waals surface area contributed by atoms with E-state index in [9.17, 15) is 14.7 Å². The van der Waals surface area contributed by atoms with Gasteiger partial charge >= 0.3 is 0 Å². The highest BCUT2D eigenvalue weighted by Crippen LogP contribution is 2.35. The van der Waals surface area contributed by atoms with Gasteiger partial charge in [0.2, 0.25) is 0 Å². The molecule has 2 aromatic rings. The van der Waals surface area contributed by atoms with Crippen molar-refractivity contribution < 1.29 is 24.2 Å². The molecule has 138 valence electrons. The minimum Gasteiger partial charge on any atom is -0.507 e. The van der Waals surface area contributed by atoms with Gasteiger partial charge < -0.3 is 14.6 Å². The number of benzene rings is 2. The maximum Gasteiger partial charge on any atom is 0.293 e. The average molecular weight is 448 g/mol. The monoisotopic (exact) mass is 447 g/mol. The van der Waals surface area contributed by atoms with Gasteiger partial charge in [0.25, 0.3) is 11.1 Å². The van der Waals surface area contributed by atoms with Crippen molar-refractivity contribution in [2.45, 2.75) is 6.10 Å². The molecule has 6 nitrogen and oxygen atoms in total. The quantitative estimate of drug-likeness (QED) is 0.715. The third-order valence-corrected chi connectivity index (χ3v) is 5.64. The predicted octanol–water partition coefficient (Wildman–Crippen LogP) is 4.03. The highest BCUT2D eigenvalue weighted by Gasteiger charge is 2.37. The van der Waals surface area contributed by atoms with Gasteiger partial charge in [0.05, 0.1) is 15.9 Å². The van der Waals surface area contributed by atoms with Crippen molar-refractivity contribution in [1.29, 1.82) is 0 Å². The molecule has 8 heteroatoms. The molecule has 4 rings (SSSR count). The predicted molar refractivity (Wildman–Crippen MR) is 105 cm³/mol. The van der Waals surface area contributed by atoms with E-state index in [4.69, 9.17) is 9.47 Å². The first-order valence-corrected chi connectivity index (χ1v) is 9.74. The third-order valence-electron chi connectivity index (χ3n) is 4.10. The molecule has 2 aliphatic rings. The van der Waals surface area contributed by atoms with Crippen LogP contribution in [-0.4, -0.2) is 40.4 Å².